The van der Waals surface area contributed by atoms with Crippen LogP contribution in [-0.4, -0.2) is 15.6 Å². The van der Waals surface area contributed by atoms with E-state index < -0.39 is 7.60 Å². The van der Waals surface area contributed by atoms with E-state index in [0.29, 0.717) is 11.1 Å². The summed E-state index contributed by atoms with van der Waals surface area (Å²) in [6.45, 7) is 0. The molecule has 0 heterocycles. The molecular weight excluding hydrogens is 289 g/mol. The molecule has 2 aromatic rings. The maximum atomic E-state index is 12.2. The van der Waals surface area contributed by atoms with Crippen LogP contribution in [-0.2, 0) is 11.0 Å². The molecule has 0 aromatic heterocycles. The van der Waals surface area contributed by atoms with Crippen LogP contribution in [0, 0.1) is 11.3 Å². The van der Waals surface area contributed by atoms with Gasteiger partial charge in [-0.1, -0.05) is 30.3 Å². The van der Waals surface area contributed by atoms with Crippen molar-refractivity contribution in [2.45, 2.75) is 6.42 Å². The lowest BCUT2D eigenvalue weighted by molar-refractivity contribution is 0.0993. The van der Waals surface area contributed by atoms with Gasteiger partial charge in [-0.25, -0.2) is 0 Å². The Morgan fingerprint density at radius 3 is 2.29 bits per heavy atom. The number of rotatable bonds is 4. The van der Waals surface area contributed by atoms with Crippen LogP contribution in [0.1, 0.15) is 21.5 Å². The van der Waals surface area contributed by atoms with Crippen LogP contribution in [0.2, 0.25) is 0 Å². The first-order valence-electron chi connectivity index (χ1n) is 6.09. The highest BCUT2D eigenvalue weighted by Gasteiger charge is 2.24. The van der Waals surface area contributed by atoms with Gasteiger partial charge in [0.05, 0.1) is 16.9 Å². The third-order valence-electron chi connectivity index (χ3n) is 2.97. The van der Waals surface area contributed by atoms with Gasteiger partial charge < -0.3 is 9.79 Å². The Labute approximate surface area is 121 Å². The number of nitrogens with zero attached hydrogens (tertiary/aromatic N) is 1. The van der Waals surface area contributed by atoms with Crippen molar-refractivity contribution in [1.82, 2.24) is 0 Å². The summed E-state index contributed by atoms with van der Waals surface area (Å²) < 4.78 is 11.4. The van der Waals surface area contributed by atoms with Crippen molar-refractivity contribution in [3.05, 3.63) is 65.2 Å². The Morgan fingerprint density at radius 2 is 1.71 bits per heavy atom. The van der Waals surface area contributed by atoms with Crippen molar-refractivity contribution < 1.29 is 19.1 Å². The van der Waals surface area contributed by atoms with Gasteiger partial charge in [-0.15, -0.1) is 0 Å². The minimum atomic E-state index is -4.49. The molecule has 0 saturated heterocycles. The molecule has 0 bridgehead atoms. The standard InChI is InChI=1S/C15H12NO4P/c16-10-12-7-5-11(6-8-12)9-14(17)13-3-1-2-4-15(13)21(18,19)20/h1-8H,9H2,(H2,18,19,20). The van der Waals surface area contributed by atoms with Crippen LogP contribution in [0.15, 0.2) is 48.5 Å². The average molecular weight is 301 g/mol. The fourth-order valence-electron chi connectivity index (χ4n) is 1.94. The third-order valence-corrected chi connectivity index (χ3v) is 3.98. The van der Waals surface area contributed by atoms with Crippen LogP contribution in [0.3, 0.4) is 0 Å². The molecule has 0 atom stereocenters. The molecule has 2 aromatic carbocycles. The van der Waals surface area contributed by atoms with Crippen LogP contribution in [0.25, 0.3) is 0 Å². The third kappa shape index (κ3) is 3.65. The predicted molar refractivity (Wildman–Crippen MR) is 77.3 cm³/mol. The maximum Gasteiger partial charge on any atom is 0.356 e. The van der Waals surface area contributed by atoms with Crippen LogP contribution in [0.4, 0.5) is 0 Å². The molecule has 21 heavy (non-hydrogen) atoms. The summed E-state index contributed by atoms with van der Waals surface area (Å²) in [6.07, 6.45) is 0.0166. The number of ketones is 1. The number of nitriles is 1. The monoisotopic (exact) mass is 301 g/mol. The number of Topliss-reactive ketones (excluding diaryl/α,β-unsaturated/α-hetero) is 1. The Hall–Kier alpha value is -2.25. The summed E-state index contributed by atoms with van der Waals surface area (Å²) in [4.78, 5) is 30.8. The molecule has 5 nitrogen and oxygen atoms in total. The van der Waals surface area contributed by atoms with E-state index in [0.717, 1.165) is 0 Å². The number of carbonyl (C=O) groups excluding carboxylic acids is 1. The van der Waals surface area contributed by atoms with E-state index in [1.54, 1.807) is 30.3 Å². The SMILES string of the molecule is N#Cc1ccc(CC(=O)c2ccccc2P(=O)(O)O)cc1. The fraction of sp³-hybridized carbons (Fsp3) is 0.0667. The van der Waals surface area contributed by atoms with Gasteiger partial charge in [-0.3, -0.25) is 9.36 Å². The summed E-state index contributed by atoms with van der Waals surface area (Å²) in [6, 6.07) is 14.2. The van der Waals surface area contributed by atoms with E-state index in [1.165, 1.54) is 18.2 Å². The highest BCUT2D eigenvalue weighted by Crippen LogP contribution is 2.34. The minimum Gasteiger partial charge on any atom is -0.321 e. The summed E-state index contributed by atoms with van der Waals surface area (Å²) in [5, 5.41) is 8.45. The van der Waals surface area contributed by atoms with Gasteiger partial charge in [0.1, 0.15) is 0 Å². The lowest BCUT2D eigenvalue weighted by atomic mass is 10.0. The van der Waals surface area contributed by atoms with E-state index in [-0.39, 0.29) is 23.1 Å². The van der Waals surface area contributed by atoms with Crippen LogP contribution < -0.4 is 5.30 Å². The molecule has 106 valence electrons. The zero-order chi connectivity index (χ0) is 15.5. The number of hydrogen-bond acceptors (Lipinski definition) is 3. The van der Waals surface area contributed by atoms with E-state index in [4.69, 9.17) is 5.26 Å². The van der Waals surface area contributed by atoms with Gasteiger partial charge >= 0.3 is 7.60 Å². The van der Waals surface area contributed by atoms with E-state index in [2.05, 4.69) is 0 Å². The van der Waals surface area contributed by atoms with Crippen molar-refractivity contribution in [2.24, 2.45) is 0 Å². The topological polar surface area (TPSA) is 98.4 Å². The molecule has 0 unspecified atom stereocenters. The van der Waals surface area contributed by atoms with Crippen LogP contribution >= 0.6 is 7.60 Å². The summed E-state index contributed by atoms with van der Waals surface area (Å²) in [7, 11) is -4.49. The lowest BCUT2D eigenvalue weighted by Crippen LogP contribution is -2.17. The quantitative estimate of drug-likeness (QED) is 0.662. The Morgan fingerprint density at radius 1 is 1.10 bits per heavy atom. The van der Waals surface area contributed by atoms with Gasteiger partial charge in [-0.05, 0) is 23.8 Å². The molecule has 0 aliphatic carbocycles. The number of hydrogen-bond donors (Lipinski definition) is 2. The van der Waals surface area contributed by atoms with Crippen molar-refractivity contribution in [3.63, 3.8) is 0 Å². The van der Waals surface area contributed by atoms with Gasteiger partial charge in [0.15, 0.2) is 5.78 Å². The molecule has 0 saturated carbocycles. The smallest absolute Gasteiger partial charge is 0.321 e. The van der Waals surface area contributed by atoms with Crippen molar-refractivity contribution in [2.75, 3.05) is 0 Å². The van der Waals surface area contributed by atoms with Crippen LogP contribution in [0.5, 0.6) is 0 Å². The second-order valence-corrected chi connectivity index (χ2v) is 6.04. The molecule has 0 spiro atoms. The molecule has 0 fully saturated rings. The van der Waals surface area contributed by atoms with Crippen molar-refractivity contribution >= 4 is 18.7 Å². The highest BCUT2D eigenvalue weighted by atomic mass is 31.2. The molecule has 0 amide bonds. The second-order valence-electron chi connectivity index (χ2n) is 4.47. The largest absolute Gasteiger partial charge is 0.356 e. The Kier molecular flexibility index (Phi) is 4.35. The molecular formula is C15H12NO4P. The molecule has 6 heteroatoms. The van der Waals surface area contributed by atoms with Gasteiger partial charge in [-0.2, -0.15) is 5.26 Å². The summed E-state index contributed by atoms with van der Waals surface area (Å²) >= 11 is 0. The normalized spacial score (nSPS) is 10.9. The number of carbonyl (C=O) groups is 1. The molecule has 0 aliphatic heterocycles. The highest BCUT2D eigenvalue weighted by molar-refractivity contribution is 7.60. The lowest BCUT2D eigenvalue weighted by Gasteiger charge is -2.10. The van der Waals surface area contributed by atoms with Gasteiger partial charge in [0, 0.05) is 12.0 Å². The average Bonchev–Trinajstić information content (AvgIpc) is 2.47. The van der Waals surface area contributed by atoms with E-state index in [9.17, 15) is 19.1 Å². The molecule has 2 N–H and O–H groups in total. The minimum absolute atomic E-state index is 0.0166. The first kappa shape index (κ1) is 15.1. The van der Waals surface area contributed by atoms with Crippen molar-refractivity contribution in [1.29, 1.82) is 5.26 Å². The first-order valence-corrected chi connectivity index (χ1v) is 7.70. The zero-order valence-corrected chi connectivity index (χ0v) is 11.8. The summed E-state index contributed by atoms with van der Waals surface area (Å²) in [5.74, 6) is -0.376. The Balaban J connectivity index is 2.29. The second kappa shape index (κ2) is 6.02. The maximum absolute atomic E-state index is 12.2. The zero-order valence-electron chi connectivity index (χ0n) is 10.9. The predicted octanol–water partition coefficient (Wildman–Crippen LogP) is 1.79. The molecule has 2 rings (SSSR count). The fourth-order valence-corrected chi connectivity index (χ4v) is 2.73. The first-order chi connectivity index (χ1) is 9.91. The van der Waals surface area contributed by atoms with Gasteiger partial charge in [0.25, 0.3) is 0 Å². The summed E-state index contributed by atoms with van der Waals surface area (Å²) in [5.41, 5.74) is 1.19. The molecule has 0 radical (unpaired) electrons. The number of benzene rings is 2. The van der Waals surface area contributed by atoms with Gasteiger partial charge in [0.2, 0.25) is 0 Å². The van der Waals surface area contributed by atoms with Crippen molar-refractivity contribution in [3.8, 4) is 6.07 Å². The van der Waals surface area contributed by atoms with E-state index in [1.807, 2.05) is 6.07 Å². The Bertz CT molecular complexity index is 756. The van der Waals surface area contributed by atoms with E-state index >= 15 is 0 Å². The molecule has 0 aliphatic rings.